The van der Waals surface area contributed by atoms with Gasteiger partial charge in [0.05, 0.1) is 10.6 Å². The molecule has 0 spiro atoms. The van der Waals surface area contributed by atoms with E-state index in [2.05, 4.69) is 47.3 Å². The minimum Gasteiger partial charge on any atom is -0.323 e. The largest absolute Gasteiger partial charge is 0.323 e. The van der Waals surface area contributed by atoms with Crippen LogP contribution in [0.4, 0.5) is 5.69 Å². The zero-order valence-corrected chi connectivity index (χ0v) is 17.4. The molecule has 0 saturated heterocycles. The van der Waals surface area contributed by atoms with E-state index < -0.39 is 4.92 Å². The van der Waals surface area contributed by atoms with Crippen molar-refractivity contribution in [1.29, 1.82) is 0 Å². The predicted octanol–water partition coefficient (Wildman–Crippen LogP) is 4.53. The molecule has 28 heavy (non-hydrogen) atoms. The Morgan fingerprint density at radius 3 is 2.32 bits per heavy atom. The lowest BCUT2D eigenvalue weighted by Crippen LogP contribution is -2.29. The molecule has 0 aliphatic carbocycles. The highest BCUT2D eigenvalue weighted by molar-refractivity contribution is 5.65. The van der Waals surface area contributed by atoms with Crippen molar-refractivity contribution in [1.82, 2.24) is 15.2 Å². The summed E-state index contributed by atoms with van der Waals surface area (Å²) in [6.45, 7) is 7.00. The molecular formula is C22H32N4O2. The Labute approximate surface area is 168 Å². The predicted molar refractivity (Wildman–Crippen MR) is 116 cm³/mol. The molecule has 152 valence electrons. The lowest BCUT2D eigenvalue weighted by atomic mass is 10.0. The van der Waals surface area contributed by atoms with Gasteiger partial charge < -0.3 is 5.32 Å². The van der Waals surface area contributed by atoms with Gasteiger partial charge in [-0.05, 0) is 37.7 Å². The van der Waals surface area contributed by atoms with Crippen molar-refractivity contribution in [2.75, 3.05) is 27.2 Å². The zero-order chi connectivity index (χ0) is 20.8. The van der Waals surface area contributed by atoms with Gasteiger partial charge in [-0.3, -0.25) is 15.0 Å². The summed E-state index contributed by atoms with van der Waals surface area (Å²) in [5, 5.41) is 13.4. The fourth-order valence-electron chi connectivity index (χ4n) is 2.65. The van der Waals surface area contributed by atoms with E-state index >= 15 is 0 Å². The van der Waals surface area contributed by atoms with Gasteiger partial charge in [0.1, 0.15) is 6.20 Å². The van der Waals surface area contributed by atoms with Crippen molar-refractivity contribution in [3.63, 3.8) is 0 Å². The Kier molecular flexibility index (Phi) is 11.4. The van der Waals surface area contributed by atoms with E-state index in [4.69, 9.17) is 0 Å². The van der Waals surface area contributed by atoms with Gasteiger partial charge in [-0.1, -0.05) is 56.7 Å². The van der Waals surface area contributed by atoms with Gasteiger partial charge in [0.15, 0.2) is 0 Å². The monoisotopic (exact) mass is 384 g/mol. The number of aromatic nitrogens is 1. The Balaban J connectivity index is 0.000000582. The maximum absolute atomic E-state index is 10.7. The summed E-state index contributed by atoms with van der Waals surface area (Å²) < 4.78 is 0. The van der Waals surface area contributed by atoms with Gasteiger partial charge in [0.25, 0.3) is 5.69 Å². The van der Waals surface area contributed by atoms with Crippen LogP contribution < -0.4 is 5.32 Å². The van der Waals surface area contributed by atoms with Gasteiger partial charge in [0.2, 0.25) is 0 Å². The second-order valence-electron chi connectivity index (χ2n) is 6.58. The van der Waals surface area contributed by atoms with Crippen LogP contribution in [0.15, 0.2) is 54.7 Å². The first-order valence-electron chi connectivity index (χ1n) is 9.70. The third-order valence-corrected chi connectivity index (χ3v) is 3.77. The summed E-state index contributed by atoms with van der Waals surface area (Å²) in [4.78, 5) is 16.9. The molecule has 1 aromatic carbocycles. The molecule has 0 fully saturated rings. The normalized spacial score (nSPS) is 13.4. The average Bonchev–Trinajstić information content (AvgIpc) is 2.70. The van der Waals surface area contributed by atoms with E-state index in [1.165, 1.54) is 24.2 Å². The van der Waals surface area contributed by atoms with Crippen LogP contribution in [0.1, 0.15) is 37.9 Å². The van der Waals surface area contributed by atoms with E-state index in [9.17, 15) is 10.1 Å². The second kappa shape index (κ2) is 13.6. The fourth-order valence-corrected chi connectivity index (χ4v) is 2.65. The third kappa shape index (κ3) is 8.41. The van der Waals surface area contributed by atoms with Crippen LogP contribution in [0.2, 0.25) is 0 Å². The highest BCUT2D eigenvalue weighted by Gasteiger charge is 2.16. The van der Waals surface area contributed by atoms with Crippen LogP contribution in [0.25, 0.3) is 5.57 Å². The van der Waals surface area contributed by atoms with Crippen LogP contribution in [-0.2, 0) is 6.54 Å². The summed E-state index contributed by atoms with van der Waals surface area (Å²) in [7, 11) is 3.75. The Bertz CT molecular complexity index is 713. The van der Waals surface area contributed by atoms with E-state index in [1.807, 2.05) is 32.3 Å². The number of nitro groups is 1. The molecule has 1 aliphatic rings. The summed E-state index contributed by atoms with van der Waals surface area (Å²) >= 11 is 0. The summed E-state index contributed by atoms with van der Waals surface area (Å²) in [6.07, 6.45) is 5.73. The number of pyridine rings is 1. The molecule has 0 saturated carbocycles. The standard InChI is InChI=1S/C17H17N3O2.C3H8.C2H7N/c21-20(22)16-8-9-17(18-11-16)15-7-4-10-19(13-15)12-14-5-2-1-3-6-14;2*1-3-2/h1-3,5-9,11H,4,10,12-13H2;3H2,1-2H3;3H,1-2H3. The SMILES string of the molecule is CCC.CNC.O=[N+]([O-])c1ccc(C2=CCCN(Cc3ccccc3)C2)nc1. The maximum Gasteiger partial charge on any atom is 0.287 e. The first kappa shape index (κ1) is 23.5. The van der Waals surface area contributed by atoms with Crippen LogP contribution in [-0.4, -0.2) is 42.0 Å². The molecule has 0 radical (unpaired) electrons. The smallest absolute Gasteiger partial charge is 0.287 e. The van der Waals surface area contributed by atoms with E-state index in [-0.39, 0.29) is 5.69 Å². The highest BCUT2D eigenvalue weighted by atomic mass is 16.6. The van der Waals surface area contributed by atoms with Crippen LogP contribution >= 0.6 is 0 Å². The van der Waals surface area contributed by atoms with E-state index in [0.717, 1.165) is 37.3 Å². The topological polar surface area (TPSA) is 71.3 Å². The number of rotatable bonds is 4. The maximum atomic E-state index is 10.7. The minimum absolute atomic E-state index is 0.0290. The molecular weight excluding hydrogens is 352 g/mol. The number of hydrogen-bond acceptors (Lipinski definition) is 5. The first-order valence-corrected chi connectivity index (χ1v) is 9.70. The second-order valence-corrected chi connectivity index (χ2v) is 6.58. The summed E-state index contributed by atoms with van der Waals surface area (Å²) in [5.41, 5.74) is 3.28. The molecule has 3 rings (SSSR count). The number of nitrogens with zero attached hydrogens (tertiary/aromatic N) is 3. The molecule has 0 atom stereocenters. The van der Waals surface area contributed by atoms with E-state index in [1.54, 1.807) is 6.07 Å². The van der Waals surface area contributed by atoms with Crippen molar-refractivity contribution >= 4 is 11.3 Å². The van der Waals surface area contributed by atoms with Crippen LogP contribution in [0.5, 0.6) is 0 Å². The Morgan fingerprint density at radius 2 is 1.79 bits per heavy atom. The number of benzene rings is 1. The quantitative estimate of drug-likeness (QED) is 0.619. The molecule has 1 aliphatic heterocycles. The average molecular weight is 385 g/mol. The molecule has 2 heterocycles. The van der Waals surface area contributed by atoms with Gasteiger partial charge >= 0.3 is 0 Å². The molecule has 0 amide bonds. The molecule has 1 N–H and O–H groups in total. The van der Waals surface area contributed by atoms with Crippen LogP contribution in [0.3, 0.4) is 0 Å². The lowest BCUT2D eigenvalue weighted by molar-refractivity contribution is -0.385. The molecule has 0 bridgehead atoms. The highest BCUT2D eigenvalue weighted by Crippen LogP contribution is 2.22. The van der Waals surface area contributed by atoms with E-state index in [0.29, 0.717) is 0 Å². The molecule has 2 aromatic rings. The fraction of sp³-hybridized carbons (Fsp3) is 0.409. The minimum atomic E-state index is -0.423. The zero-order valence-electron chi connectivity index (χ0n) is 17.4. The molecule has 0 unspecified atom stereocenters. The van der Waals surface area contributed by atoms with Crippen molar-refractivity contribution in [3.8, 4) is 0 Å². The number of nitrogens with one attached hydrogen (secondary N) is 1. The van der Waals surface area contributed by atoms with Crippen molar-refractivity contribution in [2.45, 2.75) is 33.2 Å². The number of hydrogen-bond donors (Lipinski definition) is 1. The van der Waals surface area contributed by atoms with Gasteiger partial charge in [-0.15, -0.1) is 0 Å². The van der Waals surface area contributed by atoms with Gasteiger partial charge in [-0.25, -0.2) is 4.98 Å². The van der Waals surface area contributed by atoms with Crippen molar-refractivity contribution < 1.29 is 4.92 Å². The molecule has 6 heteroatoms. The van der Waals surface area contributed by atoms with Crippen molar-refractivity contribution in [2.24, 2.45) is 0 Å². The first-order chi connectivity index (χ1) is 13.5. The third-order valence-electron chi connectivity index (χ3n) is 3.77. The summed E-state index contributed by atoms with van der Waals surface area (Å²) in [5.74, 6) is 0. The summed E-state index contributed by atoms with van der Waals surface area (Å²) in [6, 6.07) is 13.6. The Morgan fingerprint density at radius 1 is 1.14 bits per heavy atom. The molecule has 1 aromatic heterocycles. The lowest BCUT2D eigenvalue weighted by Gasteiger charge is -2.27. The molecule has 6 nitrogen and oxygen atoms in total. The Hall–Kier alpha value is -2.57. The van der Waals surface area contributed by atoms with Crippen LogP contribution in [0, 0.1) is 10.1 Å². The van der Waals surface area contributed by atoms with Gasteiger partial charge in [-0.2, -0.15) is 0 Å². The van der Waals surface area contributed by atoms with Crippen molar-refractivity contribution in [3.05, 3.63) is 76.1 Å². The van der Waals surface area contributed by atoms with Gasteiger partial charge in [0, 0.05) is 25.7 Å².